The van der Waals surface area contributed by atoms with Crippen molar-refractivity contribution in [1.82, 2.24) is 5.32 Å². The summed E-state index contributed by atoms with van der Waals surface area (Å²) in [5, 5.41) is 2.96. The summed E-state index contributed by atoms with van der Waals surface area (Å²) in [4.78, 5) is 11.8. The predicted octanol–water partition coefficient (Wildman–Crippen LogP) is 2.84. The first-order valence-electron chi connectivity index (χ1n) is 6.24. The van der Waals surface area contributed by atoms with E-state index in [0.29, 0.717) is 13.0 Å². The SMILES string of the molecule is O=C1CC(c2ccccc2)c2ccccc2CN1. The van der Waals surface area contributed by atoms with Crippen LogP contribution in [0, 0.1) is 0 Å². The molecule has 3 rings (SSSR count). The number of fused-ring (bicyclic) bond motifs is 1. The second kappa shape index (κ2) is 4.65. The molecule has 2 aromatic rings. The summed E-state index contributed by atoms with van der Waals surface area (Å²) in [6.45, 7) is 0.637. The summed E-state index contributed by atoms with van der Waals surface area (Å²) < 4.78 is 0. The summed E-state index contributed by atoms with van der Waals surface area (Å²) in [6, 6.07) is 18.6. The van der Waals surface area contributed by atoms with Gasteiger partial charge in [0.05, 0.1) is 0 Å². The first-order valence-corrected chi connectivity index (χ1v) is 6.24. The minimum absolute atomic E-state index is 0.125. The topological polar surface area (TPSA) is 29.1 Å². The van der Waals surface area contributed by atoms with E-state index in [1.54, 1.807) is 0 Å². The van der Waals surface area contributed by atoms with Gasteiger partial charge in [-0.15, -0.1) is 0 Å². The maximum Gasteiger partial charge on any atom is 0.221 e. The van der Waals surface area contributed by atoms with Gasteiger partial charge in [0.15, 0.2) is 0 Å². The molecule has 18 heavy (non-hydrogen) atoms. The third-order valence-corrected chi connectivity index (χ3v) is 3.50. The van der Waals surface area contributed by atoms with Crippen LogP contribution in [0.15, 0.2) is 54.6 Å². The standard InChI is InChI=1S/C16H15NO/c18-16-10-15(12-6-2-1-3-7-12)14-9-5-4-8-13(14)11-17-16/h1-9,15H,10-11H2,(H,17,18). The Morgan fingerprint density at radius 1 is 0.944 bits per heavy atom. The Hall–Kier alpha value is -2.09. The molecule has 1 N–H and O–H groups in total. The molecule has 2 aromatic carbocycles. The van der Waals surface area contributed by atoms with Crippen LogP contribution in [0.4, 0.5) is 0 Å². The molecule has 0 bridgehead atoms. The summed E-state index contributed by atoms with van der Waals surface area (Å²) in [5.41, 5.74) is 3.70. The predicted molar refractivity (Wildman–Crippen MR) is 71.2 cm³/mol. The maximum atomic E-state index is 11.8. The number of benzene rings is 2. The van der Waals surface area contributed by atoms with Crippen LogP contribution in [0.5, 0.6) is 0 Å². The lowest BCUT2D eigenvalue weighted by molar-refractivity contribution is -0.121. The number of hydrogen-bond donors (Lipinski definition) is 1. The molecule has 0 saturated carbocycles. The lowest BCUT2D eigenvalue weighted by Gasteiger charge is -2.16. The molecule has 1 amide bonds. The van der Waals surface area contributed by atoms with Crippen LogP contribution in [0.2, 0.25) is 0 Å². The van der Waals surface area contributed by atoms with Crippen molar-refractivity contribution in [3.8, 4) is 0 Å². The Morgan fingerprint density at radius 2 is 1.67 bits per heavy atom. The van der Waals surface area contributed by atoms with Gasteiger partial charge in [-0.25, -0.2) is 0 Å². The lowest BCUT2D eigenvalue weighted by Crippen LogP contribution is -2.21. The molecule has 1 atom stereocenters. The molecule has 1 aliphatic heterocycles. The van der Waals surface area contributed by atoms with E-state index in [2.05, 4.69) is 29.6 Å². The molecule has 0 aromatic heterocycles. The highest BCUT2D eigenvalue weighted by Crippen LogP contribution is 2.32. The highest BCUT2D eigenvalue weighted by molar-refractivity contribution is 5.78. The van der Waals surface area contributed by atoms with Gasteiger partial charge in [0.25, 0.3) is 0 Å². The fourth-order valence-electron chi connectivity index (χ4n) is 2.58. The van der Waals surface area contributed by atoms with E-state index in [1.165, 1.54) is 16.7 Å². The van der Waals surface area contributed by atoms with Gasteiger partial charge in [0, 0.05) is 18.9 Å². The number of rotatable bonds is 1. The minimum Gasteiger partial charge on any atom is -0.352 e. The van der Waals surface area contributed by atoms with E-state index in [0.717, 1.165) is 0 Å². The Labute approximate surface area is 107 Å². The van der Waals surface area contributed by atoms with Gasteiger partial charge >= 0.3 is 0 Å². The van der Waals surface area contributed by atoms with Crippen molar-refractivity contribution in [3.05, 3.63) is 71.3 Å². The van der Waals surface area contributed by atoms with E-state index in [9.17, 15) is 4.79 Å². The first kappa shape index (κ1) is 11.0. The van der Waals surface area contributed by atoms with Gasteiger partial charge in [0.2, 0.25) is 5.91 Å². The Balaban J connectivity index is 2.09. The number of amides is 1. The average Bonchev–Trinajstić information content (AvgIpc) is 2.60. The zero-order valence-corrected chi connectivity index (χ0v) is 10.1. The highest BCUT2D eigenvalue weighted by atomic mass is 16.1. The van der Waals surface area contributed by atoms with Gasteiger partial charge in [-0.05, 0) is 16.7 Å². The zero-order valence-electron chi connectivity index (χ0n) is 10.1. The van der Waals surface area contributed by atoms with E-state index in [4.69, 9.17) is 0 Å². The van der Waals surface area contributed by atoms with Gasteiger partial charge in [0.1, 0.15) is 0 Å². The molecule has 2 nitrogen and oxygen atoms in total. The summed E-state index contributed by atoms with van der Waals surface area (Å²) in [7, 11) is 0. The molecule has 1 heterocycles. The van der Waals surface area contributed by atoms with Crippen LogP contribution in [0.1, 0.15) is 29.0 Å². The Morgan fingerprint density at radius 3 is 2.50 bits per heavy atom. The number of carbonyl (C=O) groups is 1. The van der Waals surface area contributed by atoms with Crippen LogP contribution in [0.25, 0.3) is 0 Å². The lowest BCUT2D eigenvalue weighted by atomic mass is 9.86. The summed E-state index contributed by atoms with van der Waals surface area (Å²) >= 11 is 0. The number of nitrogens with one attached hydrogen (secondary N) is 1. The minimum atomic E-state index is 0.125. The second-order valence-corrected chi connectivity index (χ2v) is 4.64. The van der Waals surface area contributed by atoms with Crippen LogP contribution in [0.3, 0.4) is 0 Å². The van der Waals surface area contributed by atoms with E-state index >= 15 is 0 Å². The van der Waals surface area contributed by atoms with Crippen molar-refractivity contribution in [2.45, 2.75) is 18.9 Å². The van der Waals surface area contributed by atoms with Crippen molar-refractivity contribution in [2.75, 3.05) is 0 Å². The van der Waals surface area contributed by atoms with Crippen molar-refractivity contribution in [2.24, 2.45) is 0 Å². The molecule has 1 aliphatic rings. The molecular weight excluding hydrogens is 222 g/mol. The molecule has 1 unspecified atom stereocenters. The molecule has 0 fully saturated rings. The first-order chi connectivity index (χ1) is 8.84. The van der Waals surface area contributed by atoms with E-state index < -0.39 is 0 Å². The van der Waals surface area contributed by atoms with Gasteiger partial charge in [-0.1, -0.05) is 54.6 Å². The van der Waals surface area contributed by atoms with E-state index in [1.807, 2.05) is 30.3 Å². The molecular formula is C16H15NO. The third-order valence-electron chi connectivity index (χ3n) is 3.50. The highest BCUT2D eigenvalue weighted by Gasteiger charge is 2.23. The largest absolute Gasteiger partial charge is 0.352 e. The van der Waals surface area contributed by atoms with Gasteiger partial charge in [-0.2, -0.15) is 0 Å². The normalized spacial score (nSPS) is 18.7. The Bertz CT molecular complexity index is 562. The molecule has 0 spiro atoms. The van der Waals surface area contributed by atoms with Crippen LogP contribution in [-0.4, -0.2) is 5.91 Å². The summed E-state index contributed by atoms with van der Waals surface area (Å²) in [5.74, 6) is 0.296. The molecule has 2 heteroatoms. The fraction of sp³-hybridized carbons (Fsp3) is 0.188. The molecule has 0 saturated heterocycles. The van der Waals surface area contributed by atoms with Crippen molar-refractivity contribution in [3.63, 3.8) is 0 Å². The number of hydrogen-bond acceptors (Lipinski definition) is 1. The van der Waals surface area contributed by atoms with Crippen molar-refractivity contribution in [1.29, 1.82) is 0 Å². The van der Waals surface area contributed by atoms with E-state index in [-0.39, 0.29) is 11.8 Å². The number of carbonyl (C=O) groups excluding carboxylic acids is 1. The smallest absolute Gasteiger partial charge is 0.221 e. The van der Waals surface area contributed by atoms with Crippen LogP contribution >= 0.6 is 0 Å². The summed E-state index contributed by atoms with van der Waals surface area (Å²) in [6.07, 6.45) is 0.529. The van der Waals surface area contributed by atoms with Gasteiger partial charge < -0.3 is 5.32 Å². The monoisotopic (exact) mass is 237 g/mol. The second-order valence-electron chi connectivity index (χ2n) is 4.64. The van der Waals surface area contributed by atoms with Gasteiger partial charge in [-0.3, -0.25) is 4.79 Å². The molecule has 0 radical (unpaired) electrons. The van der Waals surface area contributed by atoms with Crippen LogP contribution < -0.4 is 5.32 Å². The van der Waals surface area contributed by atoms with Crippen molar-refractivity contribution >= 4 is 5.91 Å². The quantitative estimate of drug-likeness (QED) is 0.812. The molecule has 90 valence electrons. The fourth-order valence-corrected chi connectivity index (χ4v) is 2.58. The molecule has 0 aliphatic carbocycles. The van der Waals surface area contributed by atoms with Crippen molar-refractivity contribution < 1.29 is 4.79 Å². The maximum absolute atomic E-state index is 11.8. The third kappa shape index (κ3) is 2.02. The average molecular weight is 237 g/mol. The Kier molecular flexibility index (Phi) is 2.85. The zero-order chi connectivity index (χ0) is 12.4. The van der Waals surface area contributed by atoms with Crippen LogP contribution in [-0.2, 0) is 11.3 Å².